The zero-order chi connectivity index (χ0) is 16.4. The van der Waals surface area contributed by atoms with E-state index in [0.717, 1.165) is 36.2 Å². The molecular weight excluding hydrogens is 308 g/mol. The Labute approximate surface area is 138 Å². The van der Waals surface area contributed by atoms with E-state index in [1.165, 1.54) is 0 Å². The number of rotatable bonds is 3. The molecule has 122 valence electrons. The largest absolute Gasteiger partial charge is 0.256 e. The van der Waals surface area contributed by atoms with Gasteiger partial charge >= 0.3 is 0 Å². The van der Waals surface area contributed by atoms with Crippen LogP contribution in [-0.4, -0.2) is 24.3 Å². The normalized spacial score (nSPS) is 19.7. The number of aryl methyl sites for hydroxylation is 2. The predicted octanol–water partition coefficient (Wildman–Crippen LogP) is 3.61. The summed E-state index contributed by atoms with van der Waals surface area (Å²) >= 11 is 0. The first-order valence-corrected chi connectivity index (χ1v) is 9.44. The average Bonchev–Trinajstić information content (AvgIpc) is 2.55. The second-order valence-electron chi connectivity index (χ2n) is 6.14. The maximum Gasteiger partial charge on any atom is 0.243 e. The summed E-state index contributed by atoms with van der Waals surface area (Å²) in [6.07, 6.45) is 2.75. The minimum absolute atomic E-state index is 0.171. The highest BCUT2D eigenvalue weighted by Gasteiger charge is 2.35. The van der Waals surface area contributed by atoms with Gasteiger partial charge in [-0.2, -0.15) is 4.31 Å². The van der Waals surface area contributed by atoms with Gasteiger partial charge in [0.25, 0.3) is 0 Å². The number of benzene rings is 1. The van der Waals surface area contributed by atoms with Crippen LogP contribution in [0.4, 0.5) is 0 Å². The molecular formula is C18H22N2O2S. The minimum atomic E-state index is -3.50. The average molecular weight is 330 g/mol. The van der Waals surface area contributed by atoms with Gasteiger partial charge in [0.15, 0.2) is 0 Å². The molecule has 5 heteroatoms. The van der Waals surface area contributed by atoms with Gasteiger partial charge in [-0.05, 0) is 51.0 Å². The summed E-state index contributed by atoms with van der Waals surface area (Å²) in [6, 6.07) is 12.7. The van der Waals surface area contributed by atoms with Gasteiger partial charge in [-0.15, -0.1) is 0 Å². The number of piperidine rings is 1. The van der Waals surface area contributed by atoms with E-state index in [9.17, 15) is 8.42 Å². The van der Waals surface area contributed by atoms with Crippen LogP contribution >= 0.6 is 0 Å². The van der Waals surface area contributed by atoms with Crippen molar-refractivity contribution in [3.8, 4) is 0 Å². The molecule has 0 aliphatic carbocycles. The molecule has 2 heterocycles. The summed E-state index contributed by atoms with van der Waals surface area (Å²) in [6.45, 7) is 4.44. The Kier molecular flexibility index (Phi) is 4.50. The zero-order valence-corrected chi connectivity index (χ0v) is 14.4. The van der Waals surface area contributed by atoms with Crippen LogP contribution in [0.2, 0.25) is 0 Å². The third kappa shape index (κ3) is 3.31. The maximum atomic E-state index is 13.1. The number of nitrogens with zero attached hydrogens (tertiary/aromatic N) is 2. The summed E-state index contributed by atoms with van der Waals surface area (Å²) in [5, 5.41) is 0. The standard InChI is InChI=1S/C18H22N2O2S/c1-14-9-11-16(12-10-14)23(21,22)20-13-4-3-8-18(20)17-7-5-6-15(2)19-17/h5-7,9-12,18H,3-4,8,13H2,1-2H3. The lowest BCUT2D eigenvalue weighted by molar-refractivity contribution is 0.251. The Morgan fingerprint density at radius 3 is 2.48 bits per heavy atom. The molecule has 1 unspecified atom stereocenters. The van der Waals surface area contributed by atoms with Crippen LogP contribution < -0.4 is 0 Å². The Bertz CT molecular complexity index is 785. The molecule has 1 aromatic carbocycles. The third-order valence-electron chi connectivity index (χ3n) is 4.33. The predicted molar refractivity (Wildman–Crippen MR) is 90.6 cm³/mol. The van der Waals surface area contributed by atoms with Crippen LogP contribution in [-0.2, 0) is 10.0 Å². The first-order chi connectivity index (χ1) is 11.0. The molecule has 1 aromatic heterocycles. The Balaban J connectivity index is 1.99. The van der Waals surface area contributed by atoms with Crippen molar-refractivity contribution in [2.75, 3.05) is 6.54 Å². The fraction of sp³-hybridized carbons (Fsp3) is 0.389. The van der Waals surface area contributed by atoms with E-state index in [1.807, 2.05) is 44.2 Å². The fourth-order valence-corrected chi connectivity index (χ4v) is 4.75. The molecule has 1 aliphatic rings. The van der Waals surface area contributed by atoms with Gasteiger partial charge in [0, 0.05) is 12.2 Å². The van der Waals surface area contributed by atoms with Crippen molar-refractivity contribution in [3.63, 3.8) is 0 Å². The number of aromatic nitrogens is 1. The highest BCUT2D eigenvalue weighted by molar-refractivity contribution is 7.89. The van der Waals surface area contributed by atoms with E-state index < -0.39 is 10.0 Å². The van der Waals surface area contributed by atoms with Crippen molar-refractivity contribution in [2.45, 2.75) is 44.0 Å². The number of hydrogen-bond acceptors (Lipinski definition) is 3. The van der Waals surface area contributed by atoms with E-state index in [4.69, 9.17) is 0 Å². The highest BCUT2D eigenvalue weighted by atomic mass is 32.2. The van der Waals surface area contributed by atoms with Gasteiger partial charge in [-0.25, -0.2) is 8.42 Å². The first kappa shape index (κ1) is 16.1. The van der Waals surface area contributed by atoms with E-state index in [-0.39, 0.29) is 6.04 Å². The van der Waals surface area contributed by atoms with E-state index >= 15 is 0 Å². The second-order valence-corrected chi connectivity index (χ2v) is 8.03. The van der Waals surface area contributed by atoms with Crippen LogP contribution in [0.3, 0.4) is 0 Å². The quantitative estimate of drug-likeness (QED) is 0.864. The van der Waals surface area contributed by atoms with Crippen LogP contribution in [0.15, 0.2) is 47.4 Å². The molecule has 0 saturated carbocycles. The summed E-state index contributed by atoms with van der Waals surface area (Å²) in [5.74, 6) is 0. The molecule has 1 fully saturated rings. The summed E-state index contributed by atoms with van der Waals surface area (Å²) in [7, 11) is -3.50. The SMILES string of the molecule is Cc1ccc(S(=O)(=O)N2CCCCC2c2cccc(C)n2)cc1. The maximum absolute atomic E-state index is 13.1. The lowest BCUT2D eigenvalue weighted by Gasteiger charge is -2.34. The van der Waals surface area contributed by atoms with Gasteiger partial charge in [-0.1, -0.05) is 30.2 Å². The lowest BCUT2D eigenvalue weighted by atomic mass is 10.0. The molecule has 0 spiro atoms. The van der Waals surface area contributed by atoms with Gasteiger partial charge < -0.3 is 0 Å². The van der Waals surface area contributed by atoms with Crippen molar-refractivity contribution in [3.05, 3.63) is 59.4 Å². The van der Waals surface area contributed by atoms with Crippen LogP contribution in [0.5, 0.6) is 0 Å². The highest BCUT2D eigenvalue weighted by Crippen LogP contribution is 2.34. The summed E-state index contributed by atoms with van der Waals surface area (Å²) in [4.78, 5) is 4.93. The molecule has 0 N–H and O–H groups in total. The Hall–Kier alpha value is -1.72. The summed E-state index contributed by atoms with van der Waals surface area (Å²) in [5.41, 5.74) is 2.82. The molecule has 0 amide bonds. The monoisotopic (exact) mass is 330 g/mol. The van der Waals surface area contributed by atoms with Crippen molar-refractivity contribution >= 4 is 10.0 Å². The van der Waals surface area contributed by atoms with E-state index in [0.29, 0.717) is 11.4 Å². The van der Waals surface area contributed by atoms with Gasteiger partial charge in [0.1, 0.15) is 0 Å². The van der Waals surface area contributed by atoms with Crippen LogP contribution in [0.25, 0.3) is 0 Å². The first-order valence-electron chi connectivity index (χ1n) is 8.00. The zero-order valence-electron chi connectivity index (χ0n) is 13.6. The fourth-order valence-electron chi connectivity index (χ4n) is 3.08. The molecule has 23 heavy (non-hydrogen) atoms. The second kappa shape index (κ2) is 6.42. The minimum Gasteiger partial charge on any atom is -0.256 e. The van der Waals surface area contributed by atoms with Crippen molar-refractivity contribution in [2.24, 2.45) is 0 Å². The molecule has 1 saturated heterocycles. The van der Waals surface area contributed by atoms with Crippen molar-refractivity contribution in [1.29, 1.82) is 0 Å². The van der Waals surface area contributed by atoms with Gasteiger partial charge in [0.05, 0.1) is 16.6 Å². The van der Waals surface area contributed by atoms with Gasteiger partial charge in [-0.3, -0.25) is 4.98 Å². The molecule has 0 bridgehead atoms. The summed E-state index contributed by atoms with van der Waals surface area (Å²) < 4.78 is 27.8. The molecule has 3 rings (SSSR count). The molecule has 2 aromatic rings. The third-order valence-corrected chi connectivity index (χ3v) is 6.25. The molecule has 4 nitrogen and oxygen atoms in total. The topological polar surface area (TPSA) is 50.3 Å². The molecule has 0 radical (unpaired) electrons. The Morgan fingerprint density at radius 1 is 1.04 bits per heavy atom. The lowest BCUT2D eigenvalue weighted by Crippen LogP contribution is -2.38. The van der Waals surface area contributed by atoms with Crippen LogP contribution in [0, 0.1) is 13.8 Å². The smallest absolute Gasteiger partial charge is 0.243 e. The van der Waals surface area contributed by atoms with Crippen molar-refractivity contribution in [1.82, 2.24) is 9.29 Å². The number of hydrogen-bond donors (Lipinski definition) is 0. The molecule has 1 aliphatic heterocycles. The van der Waals surface area contributed by atoms with E-state index in [1.54, 1.807) is 16.4 Å². The van der Waals surface area contributed by atoms with Crippen LogP contribution in [0.1, 0.15) is 42.3 Å². The molecule has 1 atom stereocenters. The Morgan fingerprint density at radius 2 is 1.78 bits per heavy atom. The van der Waals surface area contributed by atoms with Crippen molar-refractivity contribution < 1.29 is 8.42 Å². The number of pyridine rings is 1. The van der Waals surface area contributed by atoms with Gasteiger partial charge in [0.2, 0.25) is 10.0 Å². The van der Waals surface area contributed by atoms with E-state index in [2.05, 4.69) is 4.98 Å². The number of sulfonamides is 1.